The molecular weight excluding hydrogens is 640 g/mol. The van der Waals surface area contributed by atoms with Crippen LogP contribution in [0.25, 0.3) is 0 Å². The highest BCUT2D eigenvalue weighted by molar-refractivity contribution is 5.95. The van der Waals surface area contributed by atoms with E-state index in [2.05, 4.69) is 33.0 Å². The molecular formula is C43H71N2O6+. The molecule has 5 aliphatic carbocycles. The van der Waals surface area contributed by atoms with Gasteiger partial charge in [-0.15, -0.1) is 0 Å². The van der Waals surface area contributed by atoms with Gasteiger partial charge in [-0.1, -0.05) is 40.5 Å². The van der Waals surface area contributed by atoms with Crippen LogP contribution in [0, 0.1) is 51.8 Å². The second kappa shape index (κ2) is 12.8. The van der Waals surface area contributed by atoms with Crippen molar-refractivity contribution in [2.24, 2.45) is 57.5 Å². The second-order valence-electron chi connectivity index (χ2n) is 20.6. The summed E-state index contributed by atoms with van der Waals surface area (Å²) in [7, 11) is 0. The lowest BCUT2D eigenvalue weighted by molar-refractivity contribution is -0.699. The molecule has 0 radical (unpaired) electrons. The van der Waals surface area contributed by atoms with Gasteiger partial charge in [0.2, 0.25) is 0 Å². The molecule has 8 aliphatic rings. The maximum atomic E-state index is 14.3. The number of fused-ring (bicyclic) bond motifs is 5. The zero-order valence-corrected chi connectivity index (χ0v) is 32.5. The van der Waals surface area contributed by atoms with Crippen molar-refractivity contribution in [1.82, 2.24) is 0 Å². The van der Waals surface area contributed by atoms with Crippen LogP contribution in [0.1, 0.15) is 144 Å². The fourth-order valence-electron chi connectivity index (χ4n) is 14.4. The van der Waals surface area contributed by atoms with E-state index in [4.69, 9.17) is 15.2 Å². The lowest BCUT2D eigenvalue weighted by Crippen LogP contribution is -2.94. The Kier molecular flexibility index (Phi) is 9.34. The summed E-state index contributed by atoms with van der Waals surface area (Å²) in [5.74, 6) is 1.82. The molecule has 0 aromatic rings. The van der Waals surface area contributed by atoms with E-state index in [1.807, 2.05) is 13.0 Å². The molecule has 14 atom stereocenters. The van der Waals surface area contributed by atoms with Crippen molar-refractivity contribution in [2.45, 2.75) is 185 Å². The zero-order valence-electron chi connectivity index (χ0n) is 32.5. The summed E-state index contributed by atoms with van der Waals surface area (Å²) in [5.41, 5.74) is 3.61. The number of aliphatic hydroxyl groups is 3. The Morgan fingerprint density at radius 3 is 2.49 bits per heavy atom. The molecule has 4 saturated carbocycles. The topological polar surface area (TPSA) is 142 Å². The minimum Gasteiger partial charge on any atom is -0.393 e. The molecule has 8 nitrogen and oxygen atoms in total. The van der Waals surface area contributed by atoms with Crippen LogP contribution in [0.4, 0.5) is 0 Å². The Bertz CT molecular complexity index is 1380. The van der Waals surface area contributed by atoms with Crippen molar-refractivity contribution in [1.29, 1.82) is 0 Å². The summed E-state index contributed by atoms with van der Waals surface area (Å²) in [6.45, 7) is 12.8. The Morgan fingerprint density at radius 2 is 1.76 bits per heavy atom. The monoisotopic (exact) mass is 712 g/mol. The van der Waals surface area contributed by atoms with Crippen LogP contribution in [0.15, 0.2) is 11.6 Å². The summed E-state index contributed by atoms with van der Waals surface area (Å²) in [6.07, 6.45) is 17.5. The highest BCUT2D eigenvalue weighted by Gasteiger charge is 2.75. The van der Waals surface area contributed by atoms with Crippen LogP contribution < -0.4 is 11.1 Å². The Hall–Kier alpha value is -0.870. The summed E-state index contributed by atoms with van der Waals surface area (Å²) >= 11 is 0. The average molecular weight is 712 g/mol. The fourth-order valence-corrected chi connectivity index (χ4v) is 14.4. The third kappa shape index (κ3) is 5.56. The number of ketones is 1. The van der Waals surface area contributed by atoms with Crippen molar-refractivity contribution in [3.8, 4) is 0 Å². The molecule has 8 heteroatoms. The van der Waals surface area contributed by atoms with Crippen molar-refractivity contribution in [3.05, 3.63) is 11.6 Å². The van der Waals surface area contributed by atoms with Gasteiger partial charge in [0, 0.05) is 24.4 Å². The van der Waals surface area contributed by atoms with E-state index in [-0.39, 0.29) is 52.7 Å². The van der Waals surface area contributed by atoms with Crippen LogP contribution in [0.2, 0.25) is 0 Å². The number of ether oxygens (including phenoxy) is 2. The van der Waals surface area contributed by atoms with Crippen LogP contribution in [0.3, 0.4) is 0 Å². The van der Waals surface area contributed by atoms with Gasteiger partial charge in [0.1, 0.15) is 24.0 Å². The van der Waals surface area contributed by atoms with Crippen LogP contribution in [-0.4, -0.2) is 75.5 Å². The van der Waals surface area contributed by atoms with Gasteiger partial charge < -0.3 is 30.1 Å². The Morgan fingerprint density at radius 1 is 1.00 bits per heavy atom. The first-order valence-corrected chi connectivity index (χ1v) is 21.4. The number of rotatable bonds is 8. The van der Waals surface area contributed by atoms with E-state index in [0.717, 1.165) is 76.3 Å². The van der Waals surface area contributed by atoms with Crippen LogP contribution >= 0.6 is 0 Å². The molecule has 0 amide bonds. The number of hydrogen-bond acceptors (Lipinski definition) is 7. The third-order valence-corrected chi connectivity index (χ3v) is 17.7. The number of allylic oxidation sites excluding steroid dienone is 1. The maximum Gasteiger partial charge on any atom is 0.159 e. The van der Waals surface area contributed by atoms with Crippen molar-refractivity contribution < 1.29 is 34.9 Å². The predicted molar refractivity (Wildman–Crippen MR) is 196 cm³/mol. The number of piperidine rings is 1. The van der Waals surface area contributed by atoms with E-state index < -0.39 is 28.3 Å². The second-order valence-corrected chi connectivity index (χ2v) is 20.6. The van der Waals surface area contributed by atoms with Crippen LogP contribution in [0.5, 0.6) is 0 Å². The summed E-state index contributed by atoms with van der Waals surface area (Å²) in [6, 6.07) is 0. The largest absolute Gasteiger partial charge is 0.393 e. The van der Waals surface area contributed by atoms with E-state index >= 15 is 0 Å². The van der Waals surface area contributed by atoms with E-state index in [0.29, 0.717) is 37.2 Å². The number of carbonyl (C=O) groups is 1. The molecule has 288 valence electrons. The summed E-state index contributed by atoms with van der Waals surface area (Å²) in [4.78, 5) is 14.3. The molecule has 51 heavy (non-hydrogen) atoms. The van der Waals surface area contributed by atoms with E-state index in [9.17, 15) is 20.1 Å². The van der Waals surface area contributed by atoms with Gasteiger partial charge in [0.05, 0.1) is 23.9 Å². The number of hydrogen-bond donors (Lipinski definition) is 5. The van der Waals surface area contributed by atoms with E-state index in [1.165, 1.54) is 32.1 Å². The number of aliphatic hydroxyl groups excluding tert-OH is 1. The fraction of sp³-hybridized carbons (Fsp3) is 0.930. The van der Waals surface area contributed by atoms with Gasteiger partial charge in [-0.2, -0.15) is 0 Å². The first-order valence-electron chi connectivity index (χ1n) is 21.4. The lowest BCUT2D eigenvalue weighted by atomic mass is 9.42. The molecule has 0 bridgehead atoms. The standard InChI is InChI=1S/C43H70N2O6/c1-26-15-21-50-42(25-26,37-36(51-37)40(5,48)38(2,3)16-10-27-14-20-45-35(44)22-27)34-13-19-43(49)31-24-33(47)32-23-29(46)11-18-41(32,28-8-6-7-9-28)30(31)12-17-39(34,43)4/h24,26-30,32,34-37,45-46,48-49H,6-23,25,44H2,1-5H3/p+1/t26-,27?,29-,30+,32+,34+,35?,36-,37+,39+,40-,41-,42+,43-/m0/s1. The molecule has 7 fully saturated rings. The molecule has 8 rings (SSSR count). The highest BCUT2D eigenvalue weighted by Crippen LogP contribution is 2.72. The molecule has 3 saturated heterocycles. The molecule has 0 spiro atoms. The Labute approximate surface area is 307 Å². The number of nitrogens with two attached hydrogens (primary N) is 2. The quantitative estimate of drug-likeness (QED) is 0.219. The molecule has 7 N–H and O–H groups in total. The molecule has 0 aromatic heterocycles. The zero-order chi connectivity index (χ0) is 36.2. The Balaban J connectivity index is 1.09. The lowest BCUT2D eigenvalue weighted by Gasteiger charge is -2.63. The van der Waals surface area contributed by atoms with Gasteiger partial charge in [0.25, 0.3) is 0 Å². The minimum absolute atomic E-state index is 0.0527. The summed E-state index contributed by atoms with van der Waals surface area (Å²) in [5, 5.41) is 38.8. The number of epoxide rings is 1. The molecule has 2 unspecified atom stereocenters. The van der Waals surface area contributed by atoms with Gasteiger partial charge in [0.15, 0.2) is 5.78 Å². The first-order chi connectivity index (χ1) is 24.1. The molecule has 3 heterocycles. The van der Waals surface area contributed by atoms with Gasteiger partial charge in [-0.05, 0) is 149 Å². The highest BCUT2D eigenvalue weighted by atomic mass is 16.6. The van der Waals surface area contributed by atoms with Gasteiger partial charge in [-0.25, -0.2) is 0 Å². The third-order valence-electron chi connectivity index (χ3n) is 17.7. The normalized spacial score (nSPS) is 50.2. The molecule has 3 aliphatic heterocycles. The van der Waals surface area contributed by atoms with Gasteiger partial charge in [-0.3, -0.25) is 10.5 Å². The summed E-state index contributed by atoms with van der Waals surface area (Å²) < 4.78 is 13.8. The number of carbonyl (C=O) groups excluding carboxylic acids is 1. The van der Waals surface area contributed by atoms with E-state index in [1.54, 1.807) is 0 Å². The molecule has 0 aromatic carbocycles. The van der Waals surface area contributed by atoms with Crippen molar-refractivity contribution >= 4 is 5.78 Å². The SMILES string of the molecule is C[C@H]1CCO[C@@]([C@@H]2O[C@@H]2[C@](C)(O)C(C)(C)CCC2CC[NH2+]C(N)C2)([C@@H]2CC[C@]3(O)C4=CC(=O)[C@H]5C[C@@H](O)CC[C@]5(C5CCCC5)[C@@H]4CC[C@]23C)C1. The minimum atomic E-state index is -1.08. The number of quaternary nitrogens is 1. The van der Waals surface area contributed by atoms with Crippen molar-refractivity contribution in [3.63, 3.8) is 0 Å². The van der Waals surface area contributed by atoms with Crippen molar-refractivity contribution in [2.75, 3.05) is 13.2 Å². The van der Waals surface area contributed by atoms with Gasteiger partial charge >= 0.3 is 0 Å². The maximum absolute atomic E-state index is 14.3. The average Bonchev–Trinajstić information content (AvgIpc) is 3.62. The smallest absolute Gasteiger partial charge is 0.159 e. The van der Waals surface area contributed by atoms with Crippen LogP contribution in [-0.2, 0) is 14.3 Å². The first kappa shape index (κ1) is 37.1. The predicted octanol–water partition coefficient (Wildman–Crippen LogP) is 5.16.